The quantitative estimate of drug-likeness (QED) is 0.714. The average Bonchev–Trinajstić information content (AvgIpc) is 2.29. The van der Waals surface area contributed by atoms with Gasteiger partial charge in [0, 0.05) is 5.39 Å². The molecule has 2 aromatic rings. The van der Waals surface area contributed by atoms with Gasteiger partial charge in [-0.2, -0.15) is 0 Å². The van der Waals surface area contributed by atoms with E-state index in [1.54, 1.807) is 12.1 Å². The minimum atomic E-state index is -0.454. The van der Waals surface area contributed by atoms with E-state index < -0.39 is 5.97 Å². The number of benzene rings is 1. The Labute approximate surface area is 98.0 Å². The summed E-state index contributed by atoms with van der Waals surface area (Å²) in [5.41, 5.74) is 1.86. The fraction of sp³-hybridized carbons (Fsp3) is 0.167. The van der Waals surface area contributed by atoms with Crippen molar-refractivity contribution < 1.29 is 9.53 Å². The molecule has 0 spiro atoms. The molecule has 82 valence electrons. The van der Waals surface area contributed by atoms with Crippen LogP contribution >= 0.6 is 11.6 Å². The maximum absolute atomic E-state index is 11.4. The summed E-state index contributed by atoms with van der Waals surface area (Å²) in [4.78, 5) is 15.6. The van der Waals surface area contributed by atoms with Crippen molar-refractivity contribution in [1.29, 1.82) is 0 Å². The van der Waals surface area contributed by atoms with Gasteiger partial charge in [0.1, 0.15) is 5.69 Å². The number of rotatable bonds is 1. The zero-order valence-corrected chi connectivity index (χ0v) is 9.71. The molecular weight excluding hydrogens is 226 g/mol. The highest BCUT2D eigenvalue weighted by atomic mass is 35.5. The number of nitrogens with zero attached hydrogens (tertiary/aromatic N) is 1. The van der Waals surface area contributed by atoms with Crippen molar-refractivity contribution in [1.82, 2.24) is 4.98 Å². The molecule has 16 heavy (non-hydrogen) atoms. The molecular formula is C12H10ClNO2. The molecule has 0 saturated heterocycles. The van der Waals surface area contributed by atoms with Crippen molar-refractivity contribution in [2.24, 2.45) is 0 Å². The second-order valence-electron chi connectivity index (χ2n) is 3.45. The number of halogens is 1. The number of para-hydroxylation sites is 1. The van der Waals surface area contributed by atoms with Crippen LogP contribution in [0.15, 0.2) is 24.3 Å². The minimum Gasteiger partial charge on any atom is -0.464 e. The lowest BCUT2D eigenvalue weighted by atomic mass is 10.1. The van der Waals surface area contributed by atoms with E-state index >= 15 is 0 Å². The number of fused-ring (bicyclic) bond motifs is 1. The predicted octanol–water partition coefficient (Wildman–Crippen LogP) is 2.98. The second-order valence-corrected chi connectivity index (χ2v) is 3.86. The predicted molar refractivity (Wildman–Crippen MR) is 62.8 cm³/mol. The molecule has 0 radical (unpaired) electrons. The normalized spacial score (nSPS) is 10.4. The molecule has 1 aromatic heterocycles. The van der Waals surface area contributed by atoms with E-state index in [-0.39, 0.29) is 5.69 Å². The summed E-state index contributed by atoms with van der Waals surface area (Å²) in [5, 5.41) is 1.48. The van der Waals surface area contributed by atoms with Gasteiger partial charge in [0.25, 0.3) is 0 Å². The molecule has 0 saturated carbocycles. The summed E-state index contributed by atoms with van der Waals surface area (Å²) < 4.78 is 4.64. The van der Waals surface area contributed by atoms with E-state index in [1.807, 2.05) is 19.1 Å². The van der Waals surface area contributed by atoms with Gasteiger partial charge < -0.3 is 4.74 Å². The first-order valence-corrected chi connectivity index (χ1v) is 5.15. The van der Waals surface area contributed by atoms with Gasteiger partial charge >= 0.3 is 5.97 Å². The number of carbonyl (C=O) groups excluding carboxylic acids is 1. The van der Waals surface area contributed by atoms with Gasteiger partial charge in [-0.3, -0.25) is 0 Å². The Morgan fingerprint density at radius 3 is 2.88 bits per heavy atom. The van der Waals surface area contributed by atoms with Crippen molar-refractivity contribution in [3.8, 4) is 0 Å². The summed E-state index contributed by atoms with van der Waals surface area (Å²) >= 11 is 6.03. The van der Waals surface area contributed by atoms with E-state index in [0.717, 1.165) is 10.9 Å². The van der Waals surface area contributed by atoms with Crippen LogP contribution in [0.3, 0.4) is 0 Å². The number of ether oxygens (including phenoxy) is 1. The average molecular weight is 236 g/mol. The molecule has 0 amide bonds. The molecule has 0 fully saturated rings. The lowest BCUT2D eigenvalue weighted by molar-refractivity contribution is 0.0594. The highest BCUT2D eigenvalue weighted by molar-refractivity contribution is 6.35. The number of aryl methyl sites for hydroxylation is 1. The van der Waals surface area contributed by atoms with Crippen molar-refractivity contribution >= 4 is 28.5 Å². The summed E-state index contributed by atoms with van der Waals surface area (Å²) in [6, 6.07) is 7.23. The third-order valence-electron chi connectivity index (χ3n) is 2.39. The molecule has 0 aliphatic rings. The zero-order chi connectivity index (χ0) is 11.7. The van der Waals surface area contributed by atoms with Crippen molar-refractivity contribution in [2.75, 3.05) is 7.11 Å². The summed E-state index contributed by atoms with van der Waals surface area (Å²) in [6.07, 6.45) is 0. The molecule has 0 aliphatic heterocycles. The molecule has 0 aliphatic carbocycles. The summed E-state index contributed by atoms with van der Waals surface area (Å²) in [7, 11) is 1.33. The monoisotopic (exact) mass is 235 g/mol. The van der Waals surface area contributed by atoms with Crippen LogP contribution in [0.2, 0.25) is 5.02 Å². The van der Waals surface area contributed by atoms with Gasteiger partial charge in [-0.25, -0.2) is 9.78 Å². The van der Waals surface area contributed by atoms with Gasteiger partial charge in [-0.15, -0.1) is 0 Å². The first-order chi connectivity index (χ1) is 7.63. The zero-order valence-electron chi connectivity index (χ0n) is 8.95. The van der Waals surface area contributed by atoms with Gasteiger partial charge in [0.05, 0.1) is 17.6 Å². The number of pyridine rings is 1. The fourth-order valence-electron chi connectivity index (χ4n) is 1.59. The highest BCUT2D eigenvalue weighted by Gasteiger charge is 2.11. The molecule has 3 nitrogen and oxygen atoms in total. The number of carbonyl (C=O) groups is 1. The lowest BCUT2D eigenvalue weighted by Crippen LogP contribution is -2.05. The Morgan fingerprint density at radius 2 is 2.19 bits per heavy atom. The standard InChI is InChI=1S/C12H10ClNO2/c1-7-6-10(12(15)16-2)14-11-8(7)4-3-5-9(11)13/h3-6H,1-2H3. The Kier molecular flexibility index (Phi) is 2.79. The molecule has 0 N–H and O–H groups in total. The van der Waals surface area contributed by atoms with Crippen molar-refractivity contribution in [2.45, 2.75) is 6.92 Å². The summed E-state index contributed by atoms with van der Waals surface area (Å²) in [5.74, 6) is -0.454. The van der Waals surface area contributed by atoms with E-state index in [4.69, 9.17) is 11.6 Å². The largest absolute Gasteiger partial charge is 0.464 e. The molecule has 0 bridgehead atoms. The van der Waals surface area contributed by atoms with Crippen LogP contribution < -0.4 is 0 Å². The van der Waals surface area contributed by atoms with Crippen molar-refractivity contribution in [3.05, 3.63) is 40.5 Å². The number of aromatic nitrogens is 1. The maximum atomic E-state index is 11.4. The van der Waals surface area contributed by atoms with E-state index in [0.29, 0.717) is 10.5 Å². The number of hydrogen-bond acceptors (Lipinski definition) is 3. The smallest absolute Gasteiger partial charge is 0.356 e. The SMILES string of the molecule is COC(=O)c1cc(C)c2cccc(Cl)c2n1. The second kappa shape index (κ2) is 4.10. The van der Waals surface area contributed by atoms with Gasteiger partial charge in [-0.1, -0.05) is 23.7 Å². The molecule has 0 unspecified atom stereocenters. The van der Waals surface area contributed by atoms with Crippen LogP contribution in [0.1, 0.15) is 16.1 Å². The molecule has 0 atom stereocenters. The molecule has 1 aromatic carbocycles. The topological polar surface area (TPSA) is 39.2 Å². The lowest BCUT2D eigenvalue weighted by Gasteiger charge is -2.06. The van der Waals surface area contributed by atoms with E-state index in [1.165, 1.54) is 7.11 Å². The Bertz CT molecular complexity index is 566. The Morgan fingerprint density at radius 1 is 1.44 bits per heavy atom. The molecule has 1 heterocycles. The molecule has 4 heteroatoms. The van der Waals surface area contributed by atoms with Crippen LogP contribution in [-0.2, 0) is 4.74 Å². The van der Waals surface area contributed by atoms with Crippen LogP contribution in [-0.4, -0.2) is 18.1 Å². The number of esters is 1. The first-order valence-electron chi connectivity index (χ1n) is 4.77. The van der Waals surface area contributed by atoms with Crippen molar-refractivity contribution in [3.63, 3.8) is 0 Å². The van der Waals surface area contributed by atoms with E-state index in [9.17, 15) is 4.79 Å². The third-order valence-corrected chi connectivity index (χ3v) is 2.70. The van der Waals surface area contributed by atoms with Gasteiger partial charge in [0.2, 0.25) is 0 Å². The Balaban J connectivity index is 2.75. The van der Waals surface area contributed by atoms with Gasteiger partial charge in [-0.05, 0) is 24.6 Å². The number of hydrogen-bond donors (Lipinski definition) is 0. The fourth-order valence-corrected chi connectivity index (χ4v) is 1.81. The molecule has 2 rings (SSSR count). The first kappa shape index (κ1) is 10.9. The third kappa shape index (κ3) is 1.74. The highest BCUT2D eigenvalue weighted by Crippen LogP contribution is 2.24. The van der Waals surface area contributed by atoms with Crippen LogP contribution in [0.25, 0.3) is 10.9 Å². The van der Waals surface area contributed by atoms with Gasteiger partial charge in [0.15, 0.2) is 0 Å². The number of methoxy groups -OCH3 is 1. The van der Waals surface area contributed by atoms with Crippen LogP contribution in [0.5, 0.6) is 0 Å². The van der Waals surface area contributed by atoms with E-state index in [2.05, 4.69) is 9.72 Å². The van der Waals surface area contributed by atoms with Crippen LogP contribution in [0, 0.1) is 6.92 Å². The summed E-state index contributed by atoms with van der Waals surface area (Å²) in [6.45, 7) is 1.91. The Hall–Kier alpha value is -1.61. The van der Waals surface area contributed by atoms with Crippen LogP contribution in [0.4, 0.5) is 0 Å². The maximum Gasteiger partial charge on any atom is 0.356 e. The minimum absolute atomic E-state index is 0.278.